The Morgan fingerprint density at radius 2 is 1.54 bits per heavy atom. The summed E-state index contributed by atoms with van der Waals surface area (Å²) in [7, 11) is 0. The number of benzene rings is 2. The number of piperazine rings is 1. The first-order valence-electron chi connectivity index (χ1n) is 9.14. The largest absolute Gasteiger partial charge is 0.507 e. The SMILES string of the molecule is CC(C)c1ccc(O)c(C(=O)N2CCN(C(=O)c3ccc(F)cc3Cl)CC2)c1. The molecule has 0 atom stereocenters. The third kappa shape index (κ3) is 4.12. The first-order chi connectivity index (χ1) is 13.3. The fraction of sp³-hybridized carbons (Fsp3) is 0.333. The quantitative estimate of drug-likeness (QED) is 0.843. The van der Waals surface area contributed by atoms with Crippen molar-refractivity contribution in [1.82, 2.24) is 9.80 Å². The van der Waals surface area contributed by atoms with Crippen molar-refractivity contribution in [2.45, 2.75) is 19.8 Å². The predicted molar refractivity (Wildman–Crippen MR) is 105 cm³/mol. The average molecular weight is 405 g/mol. The van der Waals surface area contributed by atoms with E-state index in [9.17, 15) is 19.1 Å². The molecule has 0 bridgehead atoms. The normalized spacial score (nSPS) is 14.5. The van der Waals surface area contributed by atoms with Gasteiger partial charge in [-0.3, -0.25) is 9.59 Å². The molecule has 0 unspecified atom stereocenters. The molecule has 0 aliphatic carbocycles. The summed E-state index contributed by atoms with van der Waals surface area (Å²) in [6, 6.07) is 8.74. The highest BCUT2D eigenvalue weighted by atomic mass is 35.5. The molecular formula is C21H22ClFN2O3. The molecule has 1 N–H and O–H groups in total. The molecule has 1 aliphatic heterocycles. The summed E-state index contributed by atoms with van der Waals surface area (Å²) < 4.78 is 13.2. The van der Waals surface area contributed by atoms with E-state index in [2.05, 4.69) is 0 Å². The second kappa shape index (κ2) is 8.19. The summed E-state index contributed by atoms with van der Waals surface area (Å²) in [5.74, 6) is -0.859. The number of phenolic OH excluding ortho intramolecular Hbond substituents is 1. The van der Waals surface area contributed by atoms with E-state index in [1.807, 2.05) is 13.8 Å². The van der Waals surface area contributed by atoms with Crippen LogP contribution in [0.1, 0.15) is 46.0 Å². The number of rotatable bonds is 3. The van der Waals surface area contributed by atoms with Gasteiger partial charge in [-0.15, -0.1) is 0 Å². The summed E-state index contributed by atoms with van der Waals surface area (Å²) in [4.78, 5) is 28.7. The Morgan fingerprint density at radius 1 is 0.964 bits per heavy atom. The van der Waals surface area contributed by atoms with E-state index in [0.717, 1.165) is 11.6 Å². The molecule has 1 saturated heterocycles. The van der Waals surface area contributed by atoms with Gasteiger partial charge in [0, 0.05) is 26.2 Å². The maximum Gasteiger partial charge on any atom is 0.257 e. The number of hydrogen-bond acceptors (Lipinski definition) is 3. The lowest BCUT2D eigenvalue weighted by Gasteiger charge is -2.35. The zero-order valence-electron chi connectivity index (χ0n) is 15.8. The maximum absolute atomic E-state index is 13.2. The molecule has 148 valence electrons. The highest BCUT2D eigenvalue weighted by Crippen LogP contribution is 2.25. The molecule has 2 amide bonds. The summed E-state index contributed by atoms with van der Waals surface area (Å²) >= 11 is 5.98. The Balaban J connectivity index is 1.69. The van der Waals surface area contributed by atoms with Gasteiger partial charge in [0.1, 0.15) is 11.6 Å². The maximum atomic E-state index is 13.2. The number of aromatic hydroxyl groups is 1. The Kier molecular flexibility index (Phi) is 5.89. The van der Waals surface area contributed by atoms with Crippen LogP contribution in [0.4, 0.5) is 4.39 Å². The van der Waals surface area contributed by atoms with Gasteiger partial charge in [0.25, 0.3) is 11.8 Å². The van der Waals surface area contributed by atoms with Gasteiger partial charge in [-0.05, 0) is 41.8 Å². The minimum Gasteiger partial charge on any atom is -0.507 e. The van der Waals surface area contributed by atoms with Gasteiger partial charge in [-0.25, -0.2) is 4.39 Å². The minimum atomic E-state index is -0.500. The van der Waals surface area contributed by atoms with Crippen LogP contribution in [-0.2, 0) is 0 Å². The van der Waals surface area contributed by atoms with Crippen molar-refractivity contribution in [3.8, 4) is 5.75 Å². The van der Waals surface area contributed by atoms with Crippen molar-refractivity contribution >= 4 is 23.4 Å². The highest BCUT2D eigenvalue weighted by molar-refractivity contribution is 6.33. The first kappa shape index (κ1) is 20.1. The van der Waals surface area contributed by atoms with Crippen LogP contribution in [0.2, 0.25) is 5.02 Å². The average Bonchev–Trinajstić information content (AvgIpc) is 2.67. The molecule has 7 heteroatoms. The molecule has 3 rings (SSSR count). The summed E-state index contributed by atoms with van der Waals surface area (Å²) in [5, 5.41) is 10.2. The molecule has 0 saturated carbocycles. The fourth-order valence-corrected chi connectivity index (χ4v) is 3.45. The topological polar surface area (TPSA) is 60.9 Å². The number of hydrogen-bond donors (Lipinski definition) is 1. The van der Waals surface area contributed by atoms with E-state index in [1.165, 1.54) is 12.1 Å². The number of nitrogens with zero attached hydrogens (tertiary/aromatic N) is 2. The van der Waals surface area contributed by atoms with Crippen molar-refractivity contribution < 1.29 is 19.1 Å². The number of carbonyl (C=O) groups excluding carboxylic acids is 2. The molecule has 28 heavy (non-hydrogen) atoms. The fourth-order valence-electron chi connectivity index (χ4n) is 3.20. The number of halogens is 2. The Labute approximate surface area is 168 Å². The van der Waals surface area contributed by atoms with E-state index in [0.29, 0.717) is 26.2 Å². The van der Waals surface area contributed by atoms with Crippen LogP contribution in [0.3, 0.4) is 0 Å². The third-order valence-corrected chi connectivity index (χ3v) is 5.25. The third-order valence-electron chi connectivity index (χ3n) is 4.93. The second-order valence-corrected chi connectivity index (χ2v) is 7.55. The van der Waals surface area contributed by atoms with Gasteiger partial charge in [-0.2, -0.15) is 0 Å². The molecule has 1 aliphatic rings. The van der Waals surface area contributed by atoms with Crippen LogP contribution < -0.4 is 0 Å². The predicted octanol–water partition coefficient (Wildman–Crippen LogP) is 3.91. The molecule has 2 aromatic rings. The lowest BCUT2D eigenvalue weighted by atomic mass is 9.99. The van der Waals surface area contributed by atoms with Crippen molar-refractivity contribution in [2.75, 3.05) is 26.2 Å². The van der Waals surface area contributed by atoms with E-state index in [1.54, 1.807) is 28.0 Å². The zero-order chi connectivity index (χ0) is 20.4. The standard InChI is InChI=1S/C21H22ClFN2O3/c1-13(2)14-3-6-19(26)17(11-14)21(28)25-9-7-24(8-10-25)20(27)16-5-4-15(23)12-18(16)22/h3-6,11-13,26H,7-10H2,1-2H3. The van der Waals surface area contributed by atoms with E-state index in [4.69, 9.17) is 11.6 Å². The lowest BCUT2D eigenvalue weighted by Crippen LogP contribution is -2.50. The molecule has 5 nitrogen and oxygen atoms in total. The number of amides is 2. The van der Waals surface area contributed by atoms with Gasteiger partial charge < -0.3 is 14.9 Å². The summed E-state index contributed by atoms with van der Waals surface area (Å²) in [6.45, 7) is 5.40. The van der Waals surface area contributed by atoms with Gasteiger partial charge in [0.05, 0.1) is 16.1 Å². The zero-order valence-corrected chi connectivity index (χ0v) is 16.5. The van der Waals surface area contributed by atoms with Crippen molar-refractivity contribution in [3.05, 3.63) is 63.9 Å². The second-order valence-electron chi connectivity index (χ2n) is 7.14. The van der Waals surface area contributed by atoms with Crippen LogP contribution in [0, 0.1) is 5.82 Å². The Morgan fingerprint density at radius 3 is 2.07 bits per heavy atom. The van der Waals surface area contributed by atoms with Crippen LogP contribution >= 0.6 is 11.6 Å². The van der Waals surface area contributed by atoms with Gasteiger partial charge in [-0.1, -0.05) is 31.5 Å². The highest BCUT2D eigenvalue weighted by Gasteiger charge is 2.28. The van der Waals surface area contributed by atoms with Gasteiger partial charge >= 0.3 is 0 Å². The molecule has 0 radical (unpaired) electrons. The van der Waals surface area contributed by atoms with Crippen LogP contribution in [-0.4, -0.2) is 52.9 Å². The van der Waals surface area contributed by atoms with Gasteiger partial charge in [0.15, 0.2) is 0 Å². The van der Waals surface area contributed by atoms with Crippen LogP contribution in [0.15, 0.2) is 36.4 Å². The Hall–Kier alpha value is -2.60. The summed E-state index contributed by atoms with van der Waals surface area (Å²) in [6.07, 6.45) is 0. The van der Waals surface area contributed by atoms with Crippen molar-refractivity contribution in [1.29, 1.82) is 0 Å². The first-order valence-corrected chi connectivity index (χ1v) is 9.52. The van der Waals surface area contributed by atoms with E-state index >= 15 is 0 Å². The van der Waals surface area contributed by atoms with Crippen LogP contribution in [0.25, 0.3) is 0 Å². The molecule has 0 aromatic heterocycles. The van der Waals surface area contributed by atoms with E-state index < -0.39 is 5.82 Å². The molecule has 0 spiro atoms. The number of carbonyl (C=O) groups is 2. The molecule has 2 aromatic carbocycles. The van der Waals surface area contributed by atoms with Crippen LogP contribution in [0.5, 0.6) is 5.75 Å². The molecular weight excluding hydrogens is 383 g/mol. The Bertz CT molecular complexity index is 909. The van der Waals surface area contributed by atoms with Crippen molar-refractivity contribution in [2.24, 2.45) is 0 Å². The lowest BCUT2D eigenvalue weighted by molar-refractivity contribution is 0.0533. The summed E-state index contributed by atoms with van der Waals surface area (Å²) in [5.41, 5.74) is 1.48. The van der Waals surface area contributed by atoms with Gasteiger partial charge in [0.2, 0.25) is 0 Å². The smallest absolute Gasteiger partial charge is 0.257 e. The van der Waals surface area contributed by atoms with Crippen molar-refractivity contribution in [3.63, 3.8) is 0 Å². The van der Waals surface area contributed by atoms with E-state index in [-0.39, 0.29) is 39.6 Å². The number of phenols is 1. The monoisotopic (exact) mass is 404 g/mol. The minimum absolute atomic E-state index is 0.0500. The molecule has 1 fully saturated rings. The molecule has 1 heterocycles.